The van der Waals surface area contributed by atoms with Gasteiger partial charge in [-0.25, -0.2) is 0 Å². The summed E-state index contributed by atoms with van der Waals surface area (Å²) in [6.45, 7) is 2.87. The molecule has 0 aromatic carbocycles. The van der Waals surface area contributed by atoms with Crippen LogP contribution in [0.2, 0.25) is 0 Å². The van der Waals surface area contributed by atoms with Crippen LogP contribution in [0.3, 0.4) is 0 Å². The molecule has 1 saturated heterocycles. The monoisotopic (exact) mass is 268 g/mol. The Kier molecular flexibility index (Phi) is 4.74. The zero-order chi connectivity index (χ0) is 13.0. The molecule has 2 rings (SSSR count). The number of hydrogen-bond donors (Lipinski definition) is 0. The van der Waals surface area contributed by atoms with Crippen molar-refractivity contribution in [1.82, 2.24) is 9.80 Å². The number of nitrogens with zero attached hydrogens (tertiary/aromatic N) is 2. The lowest BCUT2D eigenvalue weighted by atomic mass is 10.2. The minimum atomic E-state index is 0.182. The summed E-state index contributed by atoms with van der Waals surface area (Å²) >= 11 is 1.64. The molecule has 5 heteroatoms. The third-order valence-corrected chi connectivity index (χ3v) is 3.91. The topological polar surface area (TPSA) is 32.8 Å². The van der Waals surface area contributed by atoms with Crippen LogP contribution in [0.1, 0.15) is 4.88 Å². The average Bonchev–Trinajstić information content (AvgIpc) is 2.81. The number of morpholine rings is 1. The van der Waals surface area contributed by atoms with Crippen molar-refractivity contribution in [1.29, 1.82) is 0 Å². The molecule has 0 bridgehead atoms. The summed E-state index contributed by atoms with van der Waals surface area (Å²) < 4.78 is 5.48. The third-order valence-electron chi connectivity index (χ3n) is 3.03. The van der Waals surface area contributed by atoms with Gasteiger partial charge in [0.1, 0.15) is 0 Å². The van der Waals surface area contributed by atoms with Crippen LogP contribution >= 0.6 is 11.3 Å². The normalized spacial score (nSPS) is 20.4. The predicted molar refractivity (Wildman–Crippen MR) is 72.9 cm³/mol. The Bertz CT molecular complexity index is 378. The smallest absolute Gasteiger partial charge is 0.228 e. The highest BCUT2D eigenvalue weighted by molar-refractivity contribution is 7.10. The van der Waals surface area contributed by atoms with Crippen molar-refractivity contribution in [2.24, 2.45) is 0 Å². The summed E-state index contributed by atoms with van der Waals surface area (Å²) in [6, 6.07) is 4.19. The Labute approximate surface area is 112 Å². The molecule has 0 spiro atoms. The fourth-order valence-corrected chi connectivity index (χ4v) is 2.92. The van der Waals surface area contributed by atoms with Crippen molar-refractivity contribution < 1.29 is 9.53 Å². The molecular weight excluding hydrogens is 248 g/mol. The van der Waals surface area contributed by atoms with Crippen molar-refractivity contribution in [3.63, 3.8) is 0 Å². The van der Waals surface area contributed by atoms with Crippen LogP contribution in [0.5, 0.6) is 0 Å². The van der Waals surface area contributed by atoms with Crippen molar-refractivity contribution in [2.75, 3.05) is 40.4 Å². The lowest BCUT2D eigenvalue weighted by molar-refractivity contribution is -0.139. The lowest BCUT2D eigenvalue weighted by Gasteiger charge is -2.37. The summed E-state index contributed by atoms with van der Waals surface area (Å²) in [4.78, 5) is 17.5. The zero-order valence-electron chi connectivity index (χ0n) is 11.0. The molecule has 4 nitrogen and oxygen atoms in total. The van der Waals surface area contributed by atoms with Gasteiger partial charge in [-0.3, -0.25) is 4.79 Å². The first-order valence-electron chi connectivity index (χ1n) is 6.21. The van der Waals surface area contributed by atoms with Gasteiger partial charge in [-0.05, 0) is 25.5 Å². The first-order valence-corrected chi connectivity index (χ1v) is 7.09. The molecule has 0 radical (unpaired) electrons. The standard InChI is InChI=1S/C13H20N2O2S/c1-14(2)9-11-10-17-6-5-15(11)13(16)8-12-4-3-7-18-12/h3-4,7,11H,5-6,8-10H2,1-2H3. The Balaban J connectivity index is 1.97. The largest absolute Gasteiger partial charge is 0.377 e. The van der Waals surface area contributed by atoms with Gasteiger partial charge in [-0.2, -0.15) is 0 Å². The minimum Gasteiger partial charge on any atom is -0.377 e. The molecule has 2 heterocycles. The molecule has 1 aromatic rings. The average molecular weight is 268 g/mol. The maximum absolute atomic E-state index is 12.3. The minimum absolute atomic E-state index is 0.182. The second kappa shape index (κ2) is 6.31. The zero-order valence-corrected chi connectivity index (χ0v) is 11.8. The van der Waals surface area contributed by atoms with Gasteiger partial charge in [0.15, 0.2) is 0 Å². The number of amides is 1. The molecule has 1 aliphatic rings. The highest BCUT2D eigenvalue weighted by Gasteiger charge is 2.27. The van der Waals surface area contributed by atoms with E-state index >= 15 is 0 Å². The van der Waals surface area contributed by atoms with Crippen molar-refractivity contribution >= 4 is 17.2 Å². The van der Waals surface area contributed by atoms with E-state index in [1.54, 1.807) is 11.3 Å². The van der Waals surface area contributed by atoms with E-state index in [0.717, 1.165) is 11.4 Å². The highest BCUT2D eigenvalue weighted by Crippen LogP contribution is 2.14. The van der Waals surface area contributed by atoms with E-state index in [-0.39, 0.29) is 11.9 Å². The number of rotatable bonds is 4. The fraction of sp³-hybridized carbons (Fsp3) is 0.615. The predicted octanol–water partition coefficient (Wildman–Crippen LogP) is 1.08. The molecule has 18 heavy (non-hydrogen) atoms. The molecule has 1 aromatic heterocycles. The number of carbonyl (C=O) groups is 1. The van der Waals surface area contributed by atoms with Crippen LogP contribution in [0.25, 0.3) is 0 Å². The molecule has 1 amide bonds. The van der Waals surface area contributed by atoms with Gasteiger partial charge >= 0.3 is 0 Å². The van der Waals surface area contributed by atoms with Gasteiger partial charge in [-0.1, -0.05) is 6.07 Å². The number of ether oxygens (including phenoxy) is 1. The van der Waals surface area contributed by atoms with Gasteiger partial charge < -0.3 is 14.5 Å². The lowest BCUT2D eigenvalue weighted by Crippen LogP contribution is -2.53. The van der Waals surface area contributed by atoms with Gasteiger partial charge in [0.2, 0.25) is 5.91 Å². The van der Waals surface area contributed by atoms with E-state index in [0.29, 0.717) is 26.2 Å². The molecule has 0 aliphatic carbocycles. The molecular formula is C13H20N2O2S. The Morgan fingerprint density at radius 3 is 3.11 bits per heavy atom. The Morgan fingerprint density at radius 2 is 2.44 bits per heavy atom. The molecule has 1 fully saturated rings. The van der Waals surface area contributed by atoms with Crippen LogP contribution in [0.4, 0.5) is 0 Å². The molecule has 0 N–H and O–H groups in total. The van der Waals surface area contributed by atoms with Crippen LogP contribution in [0.15, 0.2) is 17.5 Å². The first-order chi connectivity index (χ1) is 8.66. The van der Waals surface area contributed by atoms with Gasteiger partial charge in [0.25, 0.3) is 0 Å². The fourth-order valence-electron chi connectivity index (χ4n) is 2.22. The highest BCUT2D eigenvalue weighted by atomic mass is 32.1. The maximum atomic E-state index is 12.3. The van der Waals surface area contributed by atoms with Gasteiger partial charge in [0, 0.05) is 18.0 Å². The molecule has 1 aliphatic heterocycles. The van der Waals surface area contributed by atoms with E-state index in [1.165, 1.54) is 0 Å². The maximum Gasteiger partial charge on any atom is 0.228 e. The number of hydrogen-bond acceptors (Lipinski definition) is 4. The summed E-state index contributed by atoms with van der Waals surface area (Å²) in [5.41, 5.74) is 0. The summed E-state index contributed by atoms with van der Waals surface area (Å²) in [7, 11) is 4.05. The van der Waals surface area contributed by atoms with E-state index in [1.807, 2.05) is 36.5 Å². The van der Waals surface area contributed by atoms with Crippen molar-refractivity contribution in [3.05, 3.63) is 22.4 Å². The van der Waals surface area contributed by atoms with E-state index < -0.39 is 0 Å². The molecule has 100 valence electrons. The molecule has 1 atom stereocenters. The second-order valence-corrected chi connectivity index (χ2v) is 5.87. The third kappa shape index (κ3) is 3.54. The van der Waals surface area contributed by atoms with Crippen LogP contribution in [-0.2, 0) is 16.0 Å². The summed E-state index contributed by atoms with van der Waals surface area (Å²) in [5.74, 6) is 0.215. The molecule has 1 unspecified atom stereocenters. The summed E-state index contributed by atoms with van der Waals surface area (Å²) in [5, 5.41) is 2.01. The van der Waals surface area contributed by atoms with Crippen LogP contribution in [0, 0.1) is 0 Å². The summed E-state index contributed by atoms with van der Waals surface area (Å²) in [6.07, 6.45) is 0.515. The number of thiophene rings is 1. The first kappa shape index (κ1) is 13.5. The van der Waals surface area contributed by atoms with Crippen LogP contribution in [-0.4, -0.2) is 62.1 Å². The van der Waals surface area contributed by atoms with E-state index in [2.05, 4.69) is 4.90 Å². The SMILES string of the molecule is CN(C)CC1COCCN1C(=O)Cc1cccs1. The van der Waals surface area contributed by atoms with Gasteiger partial charge in [-0.15, -0.1) is 11.3 Å². The number of carbonyl (C=O) groups excluding carboxylic acids is 1. The van der Waals surface area contributed by atoms with Crippen molar-refractivity contribution in [3.8, 4) is 0 Å². The van der Waals surface area contributed by atoms with Gasteiger partial charge in [0.05, 0.1) is 25.7 Å². The number of likely N-dealkylation sites (N-methyl/N-ethyl adjacent to an activating group) is 1. The van der Waals surface area contributed by atoms with E-state index in [9.17, 15) is 4.79 Å². The van der Waals surface area contributed by atoms with Crippen LogP contribution < -0.4 is 0 Å². The Morgan fingerprint density at radius 1 is 1.61 bits per heavy atom. The Hall–Kier alpha value is -0.910. The second-order valence-electron chi connectivity index (χ2n) is 4.83. The van der Waals surface area contributed by atoms with E-state index in [4.69, 9.17) is 4.74 Å². The molecule has 0 saturated carbocycles. The quantitative estimate of drug-likeness (QED) is 0.819. The van der Waals surface area contributed by atoms with Crippen molar-refractivity contribution in [2.45, 2.75) is 12.5 Å².